The van der Waals surface area contributed by atoms with Crippen molar-refractivity contribution in [2.75, 3.05) is 89.5 Å². The Morgan fingerprint density at radius 1 is 0.755 bits per heavy atom. The lowest BCUT2D eigenvalue weighted by Gasteiger charge is -2.34. The fourth-order valence-electron chi connectivity index (χ4n) is 6.02. The van der Waals surface area contributed by atoms with E-state index in [1.165, 1.54) is 18.4 Å². The predicted molar refractivity (Wildman–Crippen MR) is 191 cm³/mol. The molecule has 4 aromatic heterocycles. The van der Waals surface area contributed by atoms with Crippen LogP contribution in [0.2, 0.25) is 0 Å². The van der Waals surface area contributed by atoms with E-state index in [-0.39, 0.29) is 0 Å². The van der Waals surface area contributed by atoms with Gasteiger partial charge >= 0.3 is 5.97 Å². The summed E-state index contributed by atoms with van der Waals surface area (Å²) in [6.07, 6.45) is 7.60. The number of rotatable bonds is 16. The maximum Gasteiger partial charge on any atom is 0.356 e. The van der Waals surface area contributed by atoms with Gasteiger partial charge in [0.15, 0.2) is 21.7 Å². The number of aromatic nitrogens is 8. The van der Waals surface area contributed by atoms with Gasteiger partial charge in [0, 0.05) is 72.0 Å². The second-order valence-corrected chi connectivity index (χ2v) is 14.4. The van der Waals surface area contributed by atoms with E-state index < -0.39 is 5.97 Å². The number of likely N-dealkylation sites (N-methyl/N-ethyl adjacent to an activating group) is 1. The summed E-state index contributed by atoms with van der Waals surface area (Å²) in [6, 6.07) is 0. The van der Waals surface area contributed by atoms with E-state index in [0.29, 0.717) is 36.3 Å². The van der Waals surface area contributed by atoms with Gasteiger partial charge in [-0.2, -0.15) is 0 Å². The molecule has 6 rings (SSSR count). The van der Waals surface area contributed by atoms with Gasteiger partial charge in [0.2, 0.25) is 10.3 Å². The normalized spacial score (nSPS) is 16.2. The molecule has 0 radical (unpaired) electrons. The zero-order valence-electron chi connectivity index (χ0n) is 29.1. The van der Waals surface area contributed by atoms with Gasteiger partial charge in [0.05, 0.1) is 38.4 Å². The van der Waals surface area contributed by atoms with E-state index in [1.807, 2.05) is 10.8 Å². The van der Waals surface area contributed by atoms with Crippen LogP contribution in [0.15, 0.2) is 12.4 Å². The zero-order chi connectivity index (χ0) is 34.2. The van der Waals surface area contributed by atoms with Crippen LogP contribution in [-0.2, 0) is 29.2 Å². The molecule has 0 amide bonds. The van der Waals surface area contributed by atoms with Crippen molar-refractivity contribution in [1.29, 1.82) is 0 Å². The summed E-state index contributed by atoms with van der Waals surface area (Å²) in [5.74, 6) is 1.15. The molecule has 0 saturated carbocycles. The van der Waals surface area contributed by atoms with Crippen molar-refractivity contribution in [3.05, 3.63) is 23.8 Å². The summed E-state index contributed by atoms with van der Waals surface area (Å²) < 4.78 is 15.3. The molecule has 266 valence electrons. The van der Waals surface area contributed by atoms with Crippen LogP contribution in [0.4, 0.5) is 10.3 Å². The predicted octanol–water partition coefficient (Wildman–Crippen LogP) is 3.59. The number of esters is 1. The maximum atomic E-state index is 12.3. The van der Waals surface area contributed by atoms with Crippen LogP contribution in [0, 0.1) is 0 Å². The molecule has 0 N–H and O–H groups in total. The van der Waals surface area contributed by atoms with Gasteiger partial charge in [-0.05, 0) is 19.9 Å². The third-order valence-corrected chi connectivity index (χ3v) is 11.0. The van der Waals surface area contributed by atoms with Gasteiger partial charge in [0.1, 0.15) is 5.69 Å². The van der Waals surface area contributed by atoms with Gasteiger partial charge in [0.25, 0.3) is 0 Å². The van der Waals surface area contributed by atoms with Gasteiger partial charge in [-0.3, -0.25) is 4.90 Å². The highest BCUT2D eigenvalue weighted by Crippen LogP contribution is 2.31. The molecule has 2 saturated heterocycles. The number of methoxy groups -OCH3 is 1. The number of carbonyl (C=O) groups excluding carboxylic acids is 1. The number of piperazine rings is 2. The van der Waals surface area contributed by atoms with Crippen LogP contribution in [0.1, 0.15) is 55.7 Å². The summed E-state index contributed by atoms with van der Waals surface area (Å²) >= 11 is 3.14. The first-order valence-corrected chi connectivity index (χ1v) is 19.0. The van der Waals surface area contributed by atoms with Crippen LogP contribution in [0.25, 0.3) is 21.7 Å². The Bertz CT molecular complexity index is 1640. The van der Waals surface area contributed by atoms with E-state index in [9.17, 15) is 4.79 Å². The first-order valence-electron chi connectivity index (χ1n) is 17.3. The smallest absolute Gasteiger partial charge is 0.356 e. The van der Waals surface area contributed by atoms with Crippen molar-refractivity contribution in [3.63, 3.8) is 0 Å². The maximum absolute atomic E-state index is 12.3. The summed E-state index contributed by atoms with van der Waals surface area (Å²) in [6.45, 7) is 15.5. The number of imidazole rings is 2. The van der Waals surface area contributed by atoms with Gasteiger partial charge in [-0.1, -0.05) is 49.4 Å². The topological polar surface area (TPSA) is 136 Å². The molecule has 0 aliphatic carbocycles. The Hall–Kier alpha value is -3.51. The average molecular weight is 713 g/mol. The molecule has 2 aliphatic heterocycles. The number of anilines is 2. The third-order valence-electron chi connectivity index (χ3n) is 9.09. The quantitative estimate of drug-likeness (QED) is 0.124. The van der Waals surface area contributed by atoms with Crippen LogP contribution in [0.3, 0.4) is 0 Å². The van der Waals surface area contributed by atoms with Crippen LogP contribution in [-0.4, -0.2) is 135 Å². The summed E-state index contributed by atoms with van der Waals surface area (Å²) in [4.78, 5) is 31.0. The number of hydrogen-bond acceptors (Lipinski definition) is 15. The van der Waals surface area contributed by atoms with Crippen molar-refractivity contribution in [3.8, 4) is 21.7 Å². The Kier molecular flexibility index (Phi) is 12.2. The number of ether oxygens (including phenoxy) is 2. The molecule has 49 heavy (non-hydrogen) atoms. The minimum absolute atomic E-state index is 0.393. The van der Waals surface area contributed by atoms with Crippen molar-refractivity contribution in [2.24, 2.45) is 0 Å². The lowest BCUT2D eigenvalue weighted by molar-refractivity contribution is 0.0588. The lowest BCUT2D eigenvalue weighted by Crippen LogP contribution is -2.47. The molecular formula is C32H48N12O3S2. The SMILES string of the molecule is CCCCn1c(COCCN2CCN(c3nnc(-c4ncc(C(=O)OC)n4CCCC)s3)CC2)cnc1-c1nnc(N2CCN(C)CC2)s1. The van der Waals surface area contributed by atoms with Crippen LogP contribution >= 0.6 is 22.7 Å². The molecule has 2 fully saturated rings. The second kappa shape index (κ2) is 16.9. The summed E-state index contributed by atoms with van der Waals surface area (Å²) in [5, 5.41) is 21.4. The van der Waals surface area contributed by atoms with Crippen LogP contribution in [0.5, 0.6) is 0 Å². The molecule has 17 heteroatoms. The molecule has 0 aromatic carbocycles. The first kappa shape index (κ1) is 35.3. The zero-order valence-corrected chi connectivity index (χ0v) is 30.7. The van der Waals surface area contributed by atoms with E-state index in [4.69, 9.17) is 14.5 Å². The third kappa shape index (κ3) is 8.45. The van der Waals surface area contributed by atoms with Crippen molar-refractivity contribution in [2.45, 2.75) is 59.2 Å². The Morgan fingerprint density at radius 2 is 1.33 bits per heavy atom. The minimum atomic E-state index is -0.393. The van der Waals surface area contributed by atoms with Crippen molar-refractivity contribution in [1.82, 2.24) is 49.3 Å². The molecule has 2 aliphatic rings. The Balaban J connectivity index is 0.992. The largest absolute Gasteiger partial charge is 0.464 e. The molecular weight excluding hydrogens is 665 g/mol. The van der Waals surface area contributed by atoms with Gasteiger partial charge in [-0.15, -0.1) is 20.4 Å². The van der Waals surface area contributed by atoms with Crippen molar-refractivity contribution >= 4 is 38.9 Å². The Morgan fingerprint density at radius 3 is 1.94 bits per heavy atom. The molecule has 0 spiro atoms. The van der Waals surface area contributed by atoms with E-state index in [2.05, 4.69) is 70.4 Å². The highest BCUT2D eigenvalue weighted by atomic mass is 32.1. The molecule has 6 heterocycles. The first-order chi connectivity index (χ1) is 24.0. The molecule has 0 unspecified atom stereocenters. The monoisotopic (exact) mass is 712 g/mol. The van der Waals surface area contributed by atoms with Crippen molar-refractivity contribution < 1.29 is 14.3 Å². The average Bonchev–Trinajstić information content (AvgIpc) is 3.95. The number of hydrogen-bond donors (Lipinski definition) is 0. The molecule has 15 nitrogen and oxygen atoms in total. The summed E-state index contributed by atoms with van der Waals surface area (Å²) in [7, 11) is 3.55. The minimum Gasteiger partial charge on any atom is -0.464 e. The van der Waals surface area contributed by atoms with E-state index >= 15 is 0 Å². The van der Waals surface area contributed by atoms with Gasteiger partial charge in [-0.25, -0.2) is 14.8 Å². The highest BCUT2D eigenvalue weighted by molar-refractivity contribution is 7.18. The molecule has 0 atom stereocenters. The molecule has 0 bridgehead atoms. The van der Waals surface area contributed by atoms with Crippen LogP contribution < -0.4 is 9.80 Å². The standard InChI is InChI=1S/C32H48N12O3S2/c1-5-7-9-43-24(21-33-26(43)28-35-37-31(48-28)41-15-11-39(3)12-16-41)23-47-20-19-40-13-17-42(18-14-40)32-38-36-29(49-32)27-34-22-25(30(45)46-4)44(27)10-8-6-2/h21-22H,5-20,23H2,1-4H3. The van der Waals surface area contributed by atoms with Gasteiger partial charge < -0.3 is 33.3 Å². The lowest BCUT2D eigenvalue weighted by atomic mass is 10.3. The number of nitrogens with zero attached hydrogens (tertiary/aromatic N) is 12. The fourth-order valence-corrected chi connectivity index (χ4v) is 7.82. The highest BCUT2D eigenvalue weighted by Gasteiger charge is 2.25. The number of carbonyl (C=O) groups is 1. The summed E-state index contributed by atoms with van der Waals surface area (Å²) in [5.41, 5.74) is 1.52. The van der Waals surface area contributed by atoms with E-state index in [1.54, 1.807) is 17.5 Å². The number of unbranched alkanes of at least 4 members (excludes halogenated alkanes) is 2. The fraction of sp³-hybridized carbons (Fsp3) is 0.656. The molecule has 4 aromatic rings. The second-order valence-electron chi connectivity index (χ2n) is 12.5. The van der Waals surface area contributed by atoms with E-state index in [0.717, 1.165) is 118 Å². The Labute approximate surface area is 295 Å².